The molecule has 2 aliphatic heterocycles. The summed E-state index contributed by atoms with van der Waals surface area (Å²) < 4.78 is 9.71. The first kappa shape index (κ1) is 15.0. The van der Waals surface area contributed by atoms with Crippen molar-refractivity contribution in [3.63, 3.8) is 0 Å². The normalized spacial score (nSPS) is 19.3. The van der Waals surface area contributed by atoms with Gasteiger partial charge in [0.1, 0.15) is 5.75 Å². The van der Waals surface area contributed by atoms with E-state index < -0.39 is 0 Å². The Balaban J connectivity index is 1.78. The molecule has 0 bridgehead atoms. The van der Waals surface area contributed by atoms with Gasteiger partial charge in [0.25, 0.3) is 0 Å². The predicted octanol–water partition coefficient (Wildman–Crippen LogP) is 4.59. The monoisotopic (exact) mass is 337 g/mol. The number of rotatable bonds is 3. The number of hydrogen-bond donors (Lipinski definition) is 0. The molecule has 122 valence electrons. The van der Waals surface area contributed by atoms with Crippen LogP contribution in [-0.4, -0.2) is 17.7 Å². The number of anilines is 2. The maximum Gasteiger partial charge on any atom is 0.119 e. The molecule has 2 aliphatic rings. The predicted molar refractivity (Wildman–Crippen MR) is 104 cm³/mol. The number of benzene rings is 2. The number of ether oxygens (including phenoxy) is 1. The summed E-state index contributed by atoms with van der Waals surface area (Å²) in [6.07, 6.45) is 2.22. The van der Waals surface area contributed by atoms with Crippen molar-refractivity contribution < 1.29 is 4.74 Å². The van der Waals surface area contributed by atoms with E-state index in [2.05, 4.69) is 65.2 Å². The second-order valence-corrected chi connectivity index (χ2v) is 7.40. The molecule has 1 atom stereocenters. The van der Waals surface area contributed by atoms with E-state index >= 15 is 0 Å². The van der Waals surface area contributed by atoms with Crippen LogP contribution in [0.1, 0.15) is 13.8 Å². The van der Waals surface area contributed by atoms with Crippen LogP contribution in [0.4, 0.5) is 11.4 Å². The minimum atomic E-state index is -0.268. The number of methoxy groups -OCH3 is 1. The van der Waals surface area contributed by atoms with Crippen molar-refractivity contribution in [3.05, 3.63) is 66.4 Å². The standard InChI is InChI=1S/C19H19N3OS/c1-14-13-21(16-9-11-18(23-3)12-10-16)24-19(14)15(2)20-22(24)17-7-5-4-6-8-17/h4-13H,1-3H3. The Morgan fingerprint density at radius 3 is 2.29 bits per heavy atom. The lowest BCUT2D eigenvalue weighted by atomic mass is 10.1. The Morgan fingerprint density at radius 1 is 0.917 bits per heavy atom. The highest BCUT2D eigenvalue weighted by Gasteiger charge is 2.33. The molecule has 5 heteroatoms. The van der Waals surface area contributed by atoms with Crippen LogP contribution in [0.15, 0.2) is 71.5 Å². The minimum absolute atomic E-state index is 0.268. The SMILES string of the molecule is COc1ccc(N2C=C(C)C3=S2N(c2ccccc2)N=C3C)cc1. The summed E-state index contributed by atoms with van der Waals surface area (Å²) in [6, 6.07) is 18.5. The Kier molecular flexibility index (Phi) is 3.65. The first-order valence-corrected chi connectivity index (χ1v) is 8.97. The summed E-state index contributed by atoms with van der Waals surface area (Å²) in [5.41, 5.74) is 4.61. The molecule has 24 heavy (non-hydrogen) atoms. The molecule has 0 saturated heterocycles. The number of hydrazone groups is 1. The quantitative estimate of drug-likeness (QED) is 0.767. The minimum Gasteiger partial charge on any atom is -0.497 e. The van der Waals surface area contributed by atoms with Gasteiger partial charge in [-0.3, -0.25) is 4.31 Å². The number of nitrogens with zero attached hydrogens (tertiary/aromatic N) is 3. The van der Waals surface area contributed by atoms with Crippen molar-refractivity contribution in [3.8, 4) is 5.75 Å². The highest BCUT2D eigenvalue weighted by Crippen LogP contribution is 2.45. The molecule has 4 rings (SSSR count). The second kappa shape index (κ2) is 5.83. The van der Waals surface area contributed by atoms with Gasteiger partial charge in [0, 0.05) is 17.1 Å². The lowest BCUT2D eigenvalue weighted by molar-refractivity contribution is 0.415. The van der Waals surface area contributed by atoms with E-state index in [0.29, 0.717) is 0 Å². The zero-order chi connectivity index (χ0) is 16.7. The van der Waals surface area contributed by atoms with Gasteiger partial charge >= 0.3 is 0 Å². The Labute approximate surface area is 144 Å². The molecule has 0 fully saturated rings. The van der Waals surface area contributed by atoms with Crippen molar-refractivity contribution in [2.75, 3.05) is 15.8 Å². The van der Waals surface area contributed by atoms with E-state index in [1.807, 2.05) is 18.2 Å². The van der Waals surface area contributed by atoms with E-state index in [0.717, 1.165) is 22.8 Å². The molecule has 0 saturated carbocycles. The largest absolute Gasteiger partial charge is 0.497 e. The van der Waals surface area contributed by atoms with E-state index in [1.54, 1.807) is 7.11 Å². The molecular weight excluding hydrogens is 318 g/mol. The molecule has 1 unspecified atom stereocenters. The van der Waals surface area contributed by atoms with Crippen LogP contribution in [0.5, 0.6) is 5.75 Å². The van der Waals surface area contributed by atoms with Gasteiger partial charge in [-0.2, -0.15) is 9.52 Å². The molecule has 2 heterocycles. The Morgan fingerprint density at radius 2 is 1.62 bits per heavy atom. The molecule has 0 radical (unpaired) electrons. The smallest absolute Gasteiger partial charge is 0.119 e. The van der Waals surface area contributed by atoms with Crippen molar-refractivity contribution in [2.24, 2.45) is 5.10 Å². The van der Waals surface area contributed by atoms with Gasteiger partial charge in [0.15, 0.2) is 0 Å². The number of allylic oxidation sites excluding steroid dienone is 1. The molecule has 0 aliphatic carbocycles. The van der Waals surface area contributed by atoms with E-state index in [9.17, 15) is 0 Å². The second-order valence-electron chi connectivity index (χ2n) is 5.72. The van der Waals surface area contributed by atoms with Crippen LogP contribution in [-0.2, 0) is 0 Å². The molecular formula is C19H19N3OS. The van der Waals surface area contributed by atoms with E-state index in [-0.39, 0.29) is 10.9 Å². The average molecular weight is 337 g/mol. The lowest BCUT2D eigenvalue weighted by Crippen LogP contribution is -2.17. The van der Waals surface area contributed by atoms with Crippen molar-refractivity contribution in [1.29, 1.82) is 0 Å². The molecule has 0 N–H and O–H groups in total. The molecule has 0 amide bonds. The number of hydrogen-bond acceptors (Lipinski definition) is 4. The summed E-state index contributed by atoms with van der Waals surface area (Å²) >= 11 is 0. The summed E-state index contributed by atoms with van der Waals surface area (Å²) in [4.78, 5) is 1.31. The average Bonchev–Trinajstić information content (AvgIpc) is 3.15. The fraction of sp³-hybridized carbons (Fsp3) is 0.158. The maximum atomic E-state index is 5.28. The molecule has 0 aromatic heterocycles. The van der Waals surface area contributed by atoms with E-state index in [4.69, 9.17) is 9.84 Å². The van der Waals surface area contributed by atoms with Gasteiger partial charge < -0.3 is 4.74 Å². The fourth-order valence-corrected chi connectivity index (χ4v) is 5.23. The van der Waals surface area contributed by atoms with Gasteiger partial charge in [-0.25, -0.2) is 0 Å². The summed E-state index contributed by atoms with van der Waals surface area (Å²) in [5.74, 6) is 0.866. The fourth-order valence-electron chi connectivity index (χ4n) is 2.95. The van der Waals surface area contributed by atoms with Crippen molar-refractivity contribution in [1.82, 2.24) is 0 Å². The van der Waals surface area contributed by atoms with Crippen LogP contribution < -0.4 is 13.5 Å². The zero-order valence-electron chi connectivity index (χ0n) is 13.9. The van der Waals surface area contributed by atoms with Gasteiger partial charge in [0.2, 0.25) is 0 Å². The zero-order valence-corrected chi connectivity index (χ0v) is 14.7. The molecule has 0 spiro atoms. The van der Waals surface area contributed by atoms with Crippen molar-refractivity contribution in [2.45, 2.75) is 13.8 Å². The summed E-state index contributed by atoms with van der Waals surface area (Å²) in [5, 5.41) is 4.82. The first-order chi connectivity index (χ1) is 11.7. The highest BCUT2D eigenvalue weighted by atomic mass is 32.2. The van der Waals surface area contributed by atoms with Crippen LogP contribution in [0.3, 0.4) is 0 Å². The third kappa shape index (κ3) is 2.32. The van der Waals surface area contributed by atoms with Gasteiger partial charge in [-0.05, 0) is 55.8 Å². The van der Waals surface area contributed by atoms with Gasteiger partial charge in [-0.1, -0.05) is 18.2 Å². The molecule has 2 aromatic carbocycles. The molecule has 2 aromatic rings. The van der Waals surface area contributed by atoms with Gasteiger partial charge in [0.05, 0.1) is 29.1 Å². The summed E-state index contributed by atoms with van der Waals surface area (Å²) in [6.45, 7) is 4.25. The maximum absolute atomic E-state index is 5.28. The third-order valence-corrected chi connectivity index (χ3v) is 6.37. The topological polar surface area (TPSA) is 28.1 Å². The Bertz CT molecular complexity index is 869. The number of para-hydroxylation sites is 1. The first-order valence-electron chi connectivity index (χ1n) is 7.83. The highest BCUT2D eigenvalue weighted by molar-refractivity contribution is 8.20. The van der Waals surface area contributed by atoms with E-state index in [1.165, 1.54) is 10.4 Å². The van der Waals surface area contributed by atoms with Crippen LogP contribution in [0.2, 0.25) is 0 Å². The van der Waals surface area contributed by atoms with Crippen LogP contribution in [0.25, 0.3) is 0 Å². The third-order valence-electron chi connectivity index (χ3n) is 4.08. The van der Waals surface area contributed by atoms with Crippen LogP contribution >= 0.6 is 10.9 Å². The van der Waals surface area contributed by atoms with Crippen molar-refractivity contribution >= 4 is 32.8 Å². The van der Waals surface area contributed by atoms with Gasteiger partial charge in [-0.15, -0.1) is 0 Å². The molecule has 4 nitrogen and oxygen atoms in total. The van der Waals surface area contributed by atoms with Crippen LogP contribution in [0, 0.1) is 0 Å². The lowest BCUT2D eigenvalue weighted by Gasteiger charge is -2.27. The summed E-state index contributed by atoms with van der Waals surface area (Å²) in [7, 11) is 1.42. The Hall–Kier alpha value is -2.53.